The minimum absolute atomic E-state index is 0.845. The predicted octanol–water partition coefficient (Wildman–Crippen LogP) is 2.93. The van der Waals surface area contributed by atoms with E-state index < -0.39 is 0 Å². The number of rotatable bonds is 2. The molecule has 2 aromatic carbocycles. The predicted molar refractivity (Wildman–Crippen MR) is 64.7 cm³/mol. The maximum Gasteiger partial charge on any atom is 0.119 e. The van der Waals surface area contributed by atoms with Crippen LogP contribution in [0.2, 0.25) is 0 Å². The Labute approximate surface area is 94.9 Å². The molecule has 0 aromatic heterocycles. The van der Waals surface area contributed by atoms with Crippen LogP contribution in [0.3, 0.4) is 0 Å². The zero-order valence-corrected chi connectivity index (χ0v) is 9.13. The summed E-state index contributed by atoms with van der Waals surface area (Å²) in [4.78, 5) is 4.50. The molecule has 2 aromatic rings. The molecular weight excluding hydrogens is 198 g/mol. The number of methoxy groups -OCH3 is 1. The molecule has 2 nitrogen and oxygen atoms in total. The van der Waals surface area contributed by atoms with Crippen LogP contribution in [0.4, 0.5) is 5.69 Å². The van der Waals surface area contributed by atoms with Gasteiger partial charge in [-0.1, -0.05) is 24.3 Å². The number of benzene rings is 1. The summed E-state index contributed by atoms with van der Waals surface area (Å²) in [5.74, 6) is 0.845. The Bertz CT molecular complexity index is 496. The first-order valence-electron chi connectivity index (χ1n) is 5.12. The second kappa shape index (κ2) is 5.12. The van der Waals surface area contributed by atoms with Crippen molar-refractivity contribution >= 4 is 5.69 Å². The Morgan fingerprint density at radius 2 is 1.44 bits per heavy atom. The number of hydrogen-bond acceptors (Lipinski definition) is 2. The van der Waals surface area contributed by atoms with E-state index in [1.165, 1.54) is 0 Å². The molecule has 0 atom stereocenters. The van der Waals surface area contributed by atoms with Crippen LogP contribution in [-0.2, 0) is 0 Å². The molecule has 2 rings (SSSR count). The number of nitrogens with zero attached hydrogens (tertiary/aromatic N) is 1. The van der Waals surface area contributed by atoms with E-state index >= 15 is 0 Å². The highest BCUT2D eigenvalue weighted by molar-refractivity contribution is 5.41. The van der Waals surface area contributed by atoms with E-state index in [-0.39, 0.29) is 0 Å². The molecule has 0 spiro atoms. The van der Waals surface area contributed by atoms with Gasteiger partial charge in [-0.3, -0.25) is 0 Å². The van der Waals surface area contributed by atoms with Gasteiger partial charge in [0.15, 0.2) is 0 Å². The molecular formula is C14H13NO. The molecule has 0 bridgehead atoms. The molecule has 0 heterocycles. The first-order valence-corrected chi connectivity index (χ1v) is 5.12. The lowest BCUT2D eigenvalue weighted by molar-refractivity contribution is 0.415. The summed E-state index contributed by atoms with van der Waals surface area (Å²) < 4.78 is 5.09. The van der Waals surface area contributed by atoms with E-state index in [1.807, 2.05) is 60.7 Å². The normalized spacial score (nSPS) is 9.56. The van der Waals surface area contributed by atoms with Crippen LogP contribution in [0.1, 0.15) is 0 Å². The Morgan fingerprint density at radius 1 is 0.812 bits per heavy atom. The maximum atomic E-state index is 5.09. The van der Waals surface area contributed by atoms with Crippen LogP contribution in [0.15, 0.2) is 65.7 Å². The van der Waals surface area contributed by atoms with Gasteiger partial charge in [0.05, 0.1) is 18.2 Å². The zero-order chi connectivity index (χ0) is 11.2. The molecule has 80 valence electrons. The van der Waals surface area contributed by atoms with Crippen LogP contribution < -0.4 is 10.1 Å². The van der Waals surface area contributed by atoms with Crippen LogP contribution in [0, 0.1) is 0 Å². The summed E-state index contributed by atoms with van der Waals surface area (Å²) in [7, 11) is 1.66. The van der Waals surface area contributed by atoms with E-state index in [1.54, 1.807) is 7.11 Å². The van der Waals surface area contributed by atoms with Crippen LogP contribution in [0.5, 0.6) is 5.75 Å². The van der Waals surface area contributed by atoms with E-state index in [0.29, 0.717) is 0 Å². The summed E-state index contributed by atoms with van der Waals surface area (Å²) in [5.41, 5.74) is 0.923. The van der Waals surface area contributed by atoms with E-state index in [2.05, 4.69) is 4.99 Å². The lowest BCUT2D eigenvalue weighted by atomic mass is 10.3. The van der Waals surface area contributed by atoms with E-state index in [4.69, 9.17) is 4.74 Å². The van der Waals surface area contributed by atoms with Gasteiger partial charge < -0.3 is 4.74 Å². The minimum Gasteiger partial charge on any atom is -0.497 e. The highest BCUT2D eigenvalue weighted by Crippen LogP contribution is 2.16. The Kier molecular flexibility index (Phi) is 3.34. The van der Waals surface area contributed by atoms with Crippen molar-refractivity contribution in [2.75, 3.05) is 7.11 Å². The fourth-order valence-electron chi connectivity index (χ4n) is 1.37. The van der Waals surface area contributed by atoms with Crippen molar-refractivity contribution in [3.8, 4) is 5.75 Å². The molecule has 0 unspecified atom stereocenters. The maximum absolute atomic E-state index is 5.09. The van der Waals surface area contributed by atoms with Gasteiger partial charge in [-0.05, 0) is 36.4 Å². The third-order valence-corrected chi connectivity index (χ3v) is 2.20. The molecule has 0 aliphatic rings. The third-order valence-electron chi connectivity index (χ3n) is 2.20. The monoisotopic (exact) mass is 211 g/mol. The van der Waals surface area contributed by atoms with Crippen molar-refractivity contribution in [3.63, 3.8) is 0 Å². The van der Waals surface area contributed by atoms with Gasteiger partial charge in [0.1, 0.15) is 5.75 Å². The molecule has 0 radical (unpaired) electrons. The van der Waals surface area contributed by atoms with Gasteiger partial charge in [-0.15, -0.1) is 0 Å². The highest BCUT2D eigenvalue weighted by Gasteiger charge is 1.90. The second-order valence-electron chi connectivity index (χ2n) is 3.34. The molecule has 0 fully saturated rings. The van der Waals surface area contributed by atoms with Crippen molar-refractivity contribution in [2.24, 2.45) is 4.99 Å². The van der Waals surface area contributed by atoms with Crippen molar-refractivity contribution < 1.29 is 4.74 Å². The topological polar surface area (TPSA) is 21.6 Å². The van der Waals surface area contributed by atoms with Crippen molar-refractivity contribution in [1.29, 1.82) is 0 Å². The Morgan fingerprint density at radius 3 is 2.00 bits per heavy atom. The average molecular weight is 211 g/mol. The summed E-state index contributed by atoms with van der Waals surface area (Å²) in [6.45, 7) is 0. The Balaban J connectivity index is 2.36. The van der Waals surface area contributed by atoms with E-state index in [0.717, 1.165) is 16.8 Å². The van der Waals surface area contributed by atoms with Gasteiger partial charge in [-0.25, -0.2) is 4.99 Å². The lowest BCUT2D eigenvalue weighted by Crippen LogP contribution is -1.93. The minimum atomic E-state index is 0.845. The number of ether oxygens (including phenoxy) is 1. The number of hydrogen-bond donors (Lipinski definition) is 0. The highest BCUT2D eigenvalue weighted by atomic mass is 16.5. The van der Waals surface area contributed by atoms with Crippen molar-refractivity contribution in [1.82, 2.24) is 0 Å². The van der Waals surface area contributed by atoms with Crippen molar-refractivity contribution in [2.45, 2.75) is 0 Å². The van der Waals surface area contributed by atoms with Gasteiger partial charge in [0.2, 0.25) is 0 Å². The third kappa shape index (κ3) is 2.70. The first-order chi connectivity index (χ1) is 7.88. The van der Waals surface area contributed by atoms with Crippen LogP contribution in [0.25, 0.3) is 0 Å². The van der Waals surface area contributed by atoms with Gasteiger partial charge >= 0.3 is 0 Å². The molecule has 0 saturated carbocycles. The molecule has 0 aliphatic carbocycles. The summed E-state index contributed by atoms with van der Waals surface area (Å²) >= 11 is 0. The van der Waals surface area contributed by atoms with Gasteiger partial charge in [-0.2, -0.15) is 0 Å². The fourth-order valence-corrected chi connectivity index (χ4v) is 1.37. The van der Waals surface area contributed by atoms with Gasteiger partial charge in [0.25, 0.3) is 0 Å². The first kappa shape index (κ1) is 10.4. The summed E-state index contributed by atoms with van der Waals surface area (Å²) in [6, 6.07) is 19.5. The quantitative estimate of drug-likeness (QED) is 0.748. The molecule has 0 N–H and O–H groups in total. The van der Waals surface area contributed by atoms with Crippen LogP contribution >= 0.6 is 0 Å². The molecule has 2 heteroatoms. The summed E-state index contributed by atoms with van der Waals surface area (Å²) in [6.07, 6.45) is 0. The fraction of sp³-hybridized carbons (Fsp3) is 0.0714. The molecule has 0 saturated heterocycles. The molecule has 16 heavy (non-hydrogen) atoms. The smallest absolute Gasteiger partial charge is 0.119 e. The Hall–Kier alpha value is -2.09. The molecule has 0 aliphatic heterocycles. The zero-order valence-electron chi connectivity index (χ0n) is 9.13. The van der Waals surface area contributed by atoms with Gasteiger partial charge in [0, 0.05) is 0 Å². The standard InChI is InChI=1S/C14H13NO/c1-16-14-10-8-13(9-11-14)15-12-6-4-2-3-5-7-12/h2-11H,1H3. The lowest BCUT2D eigenvalue weighted by Gasteiger charge is -1.98. The SMILES string of the molecule is COc1ccc(N=c2cccccc2)cc1. The summed E-state index contributed by atoms with van der Waals surface area (Å²) in [5, 5.41) is 0.940. The van der Waals surface area contributed by atoms with Crippen molar-refractivity contribution in [3.05, 3.63) is 66.0 Å². The largest absolute Gasteiger partial charge is 0.497 e. The van der Waals surface area contributed by atoms with E-state index in [9.17, 15) is 0 Å². The van der Waals surface area contributed by atoms with Crippen LogP contribution in [-0.4, -0.2) is 7.11 Å². The second-order valence-corrected chi connectivity index (χ2v) is 3.34. The average Bonchev–Trinajstić information content (AvgIpc) is 2.59. The molecule has 0 amide bonds.